The monoisotopic (exact) mass is 474 g/mol. The molecule has 0 unspecified atom stereocenters. The SMILES string of the molecule is CC.CC.CC(C)(C)c1cc(-c2ccccc2)c(O)c(-c2cc(C(C)(C)C)cc3c2OC3(C)C)c1. The molecule has 2 nitrogen and oxygen atoms in total. The first-order valence-electron chi connectivity index (χ1n) is 13.1. The first-order chi connectivity index (χ1) is 16.3. The van der Waals surface area contributed by atoms with Crippen molar-refractivity contribution in [1.82, 2.24) is 0 Å². The smallest absolute Gasteiger partial charge is 0.135 e. The lowest BCUT2D eigenvalue weighted by Crippen LogP contribution is -2.36. The van der Waals surface area contributed by atoms with Crippen LogP contribution in [0.2, 0.25) is 0 Å². The van der Waals surface area contributed by atoms with E-state index in [1.165, 1.54) is 16.7 Å². The number of aromatic hydroxyl groups is 1. The zero-order valence-electron chi connectivity index (χ0n) is 24.1. The van der Waals surface area contributed by atoms with Crippen molar-refractivity contribution in [1.29, 1.82) is 0 Å². The van der Waals surface area contributed by atoms with Crippen LogP contribution in [-0.2, 0) is 16.4 Å². The van der Waals surface area contributed by atoms with Crippen LogP contribution in [0.15, 0.2) is 54.6 Å². The average molecular weight is 475 g/mol. The van der Waals surface area contributed by atoms with Crippen LogP contribution < -0.4 is 4.74 Å². The third-order valence-electron chi connectivity index (χ3n) is 6.31. The second-order valence-corrected chi connectivity index (χ2v) is 11.3. The van der Waals surface area contributed by atoms with Gasteiger partial charge in [-0.05, 0) is 65.6 Å². The molecule has 0 bridgehead atoms. The van der Waals surface area contributed by atoms with Gasteiger partial charge in [0, 0.05) is 22.3 Å². The highest BCUT2D eigenvalue weighted by Gasteiger charge is 2.40. The molecule has 0 radical (unpaired) electrons. The van der Waals surface area contributed by atoms with Gasteiger partial charge in [-0.1, -0.05) is 99.6 Å². The highest BCUT2D eigenvalue weighted by Crippen LogP contribution is 2.54. The molecule has 0 saturated carbocycles. The van der Waals surface area contributed by atoms with Crippen LogP contribution in [0.5, 0.6) is 11.5 Å². The van der Waals surface area contributed by atoms with Crippen molar-refractivity contribution in [2.45, 2.75) is 99.5 Å². The van der Waals surface area contributed by atoms with Crippen molar-refractivity contribution in [2.24, 2.45) is 0 Å². The summed E-state index contributed by atoms with van der Waals surface area (Å²) in [5.74, 6) is 1.19. The van der Waals surface area contributed by atoms with E-state index >= 15 is 0 Å². The summed E-state index contributed by atoms with van der Waals surface area (Å²) >= 11 is 0. The van der Waals surface area contributed by atoms with Gasteiger partial charge in [-0.15, -0.1) is 0 Å². The summed E-state index contributed by atoms with van der Waals surface area (Å²) in [6.07, 6.45) is 0. The molecule has 1 aliphatic rings. The second-order valence-electron chi connectivity index (χ2n) is 11.3. The van der Waals surface area contributed by atoms with Gasteiger partial charge in [-0.25, -0.2) is 0 Å². The van der Waals surface area contributed by atoms with Gasteiger partial charge in [-0.3, -0.25) is 0 Å². The van der Waals surface area contributed by atoms with Gasteiger partial charge in [0.2, 0.25) is 0 Å². The second kappa shape index (κ2) is 10.5. The summed E-state index contributed by atoms with van der Waals surface area (Å²) in [5.41, 5.74) is 6.95. The first-order valence-corrected chi connectivity index (χ1v) is 13.1. The molecule has 0 amide bonds. The number of rotatable bonds is 2. The number of phenols is 1. The molecule has 0 spiro atoms. The summed E-state index contributed by atoms with van der Waals surface area (Å²) < 4.78 is 6.24. The van der Waals surface area contributed by atoms with Crippen molar-refractivity contribution >= 4 is 0 Å². The van der Waals surface area contributed by atoms with Gasteiger partial charge < -0.3 is 9.84 Å². The van der Waals surface area contributed by atoms with E-state index in [1.807, 2.05) is 45.9 Å². The van der Waals surface area contributed by atoms with Gasteiger partial charge in [0.05, 0.1) is 0 Å². The Morgan fingerprint density at radius 2 is 1.11 bits per heavy atom. The molecule has 0 fully saturated rings. The summed E-state index contributed by atoms with van der Waals surface area (Å²) in [6.45, 7) is 25.5. The fourth-order valence-corrected chi connectivity index (χ4v) is 4.19. The summed E-state index contributed by atoms with van der Waals surface area (Å²) in [4.78, 5) is 0. The van der Waals surface area contributed by atoms with Crippen LogP contribution >= 0.6 is 0 Å². The van der Waals surface area contributed by atoms with E-state index in [9.17, 15) is 5.11 Å². The minimum absolute atomic E-state index is 0.00499. The molecule has 190 valence electrons. The van der Waals surface area contributed by atoms with Crippen molar-refractivity contribution < 1.29 is 9.84 Å². The highest BCUT2D eigenvalue weighted by atomic mass is 16.5. The molecule has 3 aromatic carbocycles. The number of fused-ring (bicyclic) bond motifs is 1. The van der Waals surface area contributed by atoms with E-state index in [0.717, 1.165) is 28.0 Å². The van der Waals surface area contributed by atoms with Crippen LogP contribution in [0.25, 0.3) is 22.3 Å². The Labute approximate surface area is 214 Å². The summed E-state index contributed by atoms with van der Waals surface area (Å²) in [7, 11) is 0. The number of hydrogen-bond acceptors (Lipinski definition) is 2. The maximum absolute atomic E-state index is 11.5. The minimum Gasteiger partial charge on any atom is -0.507 e. The van der Waals surface area contributed by atoms with Crippen LogP contribution in [0, 0.1) is 0 Å². The molecule has 0 saturated heterocycles. The Hall–Kier alpha value is -2.74. The number of hydrogen-bond donors (Lipinski definition) is 1. The molecular weight excluding hydrogens is 428 g/mol. The molecule has 35 heavy (non-hydrogen) atoms. The van der Waals surface area contributed by atoms with E-state index in [4.69, 9.17) is 4.74 Å². The fourth-order valence-electron chi connectivity index (χ4n) is 4.19. The molecule has 2 heteroatoms. The van der Waals surface area contributed by atoms with Gasteiger partial charge in [0.1, 0.15) is 17.1 Å². The van der Waals surface area contributed by atoms with E-state index in [-0.39, 0.29) is 16.4 Å². The number of phenolic OH excluding ortho intramolecular Hbond substituents is 1. The maximum atomic E-state index is 11.5. The van der Waals surface area contributed by atoms with Crippen LogP contribution in [0.3, 0.4) is 0 Å². The Balaban J connectivity index is 0.00000103. The topological polar surface area (TPSA) is 29.5 Å². The van der Waals surface area contributed by atoms with E-state index in [2.05, 4.69) is 91.8 Å². The van der Waals surface area contributed by atoms with E-state index < -0.39 is 0 Å². The standard InChI is InChI=1S/C29H34O2.2C2H6/c1-27(2,3)19-14-21(18-12-10-9-11-13-18)25(30)22(15-19)23-16-20(28(4,5)6)17-24-26(23)31-29(24,7)8;2*1-2/h9-17,30H,1-8H3;2*1-2H3. The maximum Gasteiger partial charge on any atom is 0.135 e. The van der Waals surface area contributed by atoms with Crippen molar-refractivity contribution in [2.75, 3.05) is 0 Å². The molecule has 1 heterocycles. The largest absolute Gasteiger partial charge is 0.507 e. The molecule has 0 atom stereocenters. The van der Waals surface area contributed by atoms with Crippen LogP contribution in [0.1, 0.15) is 99.8 Å². The lowest BCUT2D eigenvalue weighted by Gasteiger charge is -2.41. The normalized spacial score (nSPS) is 13.7. The fraction of sp³-hybridized carbons (Fsp3) is 0.455. The van der Waals surface area contributed by atoms with Crippen molar-refractivity contribution in [3.8, 4) is 33.8 Å². The minimum atomic E-state index is -0.315. The summed E-state index contributed by atoms with van der Waals surface area (Å²) in [5, 5.41) is 11.5. The van der Waals surface area contributed by atoms with E-state index in [1.54, 1.807) is 0 Å². The highest BCUT2D eigenvalue weighted by molar-refractivity contribution is 5.87. The molecule has 0 aliphatic carbocycles. The van der Waals surface area contributed by atoms with Crippen molar-refractivity contribution in [3.05, 3.63) is 71.3 Å². The van der Waals surface area contributed by atoms with Gasteiger partial charge in [0.25, 0.3) is 0 Å². The molecule has 0 aromatic heterocycles. The summed E-state index contributed by atoms with van der Waals surface area (Å²) in [6, 6.07) is 18.9. The first kappa shape index (κ1) is 28.5. The average Bonchev–Trinajstić information content (AvgIpc) is 2.80. The van der Waals surface area contributed by atoms with Gasteiger partial charge in [-0.2, -0.15) is 0 Å². The Bertz CT molecular complexity index is 1140. The van der Waals surface area contributed by atoms with Gasteiger partial charge in [0.15, 0.2) is 0 Å². The predicted molar refractivity (Wildman–Crippen MR) is 153 cm³/mol. The molecule has 4 rings (SSSR count). The predicted octanol–water partition coefficient (Wildman–Crippen LogP) is 10.0. The Kier molecular flexibility index (Phi) is 8.53. The number of benzene rings is 3. The third kappa shape index (κ3) is 5.74. The number of ether oxygens (including phenoxy) is 1. The lowest BCUT2D eigenvalue weighted by atomic mass is 9.77. The molecule has 3 aromatic rings. The Morgan fingerprint density at radius 1 is 0.657 bits per heavy atom. The molecule has 1 N–H and O–H groups in total. The van der Waals surface area contributed by atoms with Crippen molar-refractivity contribution in [3.63, 3.8) is 0 Å². The van der Waals surface area contributed by atoms with Crippen LogP contribution in [0.4, 0.5) is 0 Å². The quantitative estimate of drug-likeness (QED) is 0.400. The van der Waals surface area contributed by atoms with E-state index in [0.29, 0.717) is 5.75 Å². The zero-order valence-corrected chi connectivity index (χ0v) is 24.1. The Morgan fingerprint density at radius 3 is 1.60 bits per heavy atom. The zero-order chi connectivity index (χ0) is 26.8. The van der Waals surface area contributed by atoms with Crippen LogP contribution in [-0.4, -0.2) is 5.11 Å². The third-order valence-corrected chi connectivity index (χ3v) is 6.31. The lowest BCUT2D eigenvalue weighted by molar-refractivity contribution is 0.0525. The molecule has 1 aliphatic heterocycles. The molecular formula is C33H46O2. The van der Waals surface area contributed by atoms with Gasteiger partial charge >= 0.3 is 0 Å².